The van der Waals surface area contributed by atoms with Crippen LogP contribution in [-0.2, 0) is 0 Å². The van der Waals surface area contributed by atoms with Gasteiger partial charge >= 0.3 is 0 Å². The van der Waals surface area contributed by atoms with Crippen LogP contribution in [0.1, 0.15) is 55.6 Å². The summed E-state index contributed by atoms with van der Waals surface area (Å²) < 4.78 is 5.63. The van der Waals surface area contributed by atoms with Gasteiger partial charge in [-0.3, -0.25) is 4.79 Å². The van der Waals surface area contributed by atoms with Crippen molar-refractivity contribution in [3.05, 3.63) is 34.9 Å². The van der Waals surface area contributed by atoms with E-state index in [-0.39, 0.29) is 22.6 Å². The fourth-order valence-electron chi connectivity index (χ4n) is 2.72. The number of carbonyl (C=O) groups excluding carboxylic acids is 1. The highest BCUT2D eigenvalue weighted by atomic mass is 16.5. The smallest absolute Gasteiger partial charge is 0.157 e. The second-order valence-corrected chi connectivity index (χ2v) is 6.20. The van der Waals surface area contributed by atoms with Crippen LogP contribution in [-0.4, -0.2) is 33.3 Å². The quantitative estimate of drug-likeness (QED) is 0.575. The van der Waals surface area contributed by atoms with Crippen LogP contribution >= 0.6 is 0 Å². The first-order valence-corrected chi connectivity index (χ1v) is 7.29. The van der Waals surface area contributed by atoms with Gasteiger partial charge in [0.2, 0.25) is 0 Å². The van der Waals surface area contributed by atoms with Gasteiger partial charge in [-0.25, -0.2) is 0 Å². The van der Waals surface area contributed by atoms with Crippen LogP contribution in [0.5, 0.6) is 11.5 Å². The summed E-state index contributed by atoms with van der Waals surface area (Å²) in [5.74, 6) is 0.00527. The molecule has 3 atom stereocenters. The Balaban J connectivity index is 2.27. The second kappa shape index (κ2) is 6.10. The molecule has 2 rings (SSSR count). The number of rotatable bonds is 5. The van der Waals surface area contributed by atoms with E-state index in [0.29, 0.717) is 19.1 Å². The van der Waals surface area contributed by atoms with Crippen LogP contribution < -0.4 is 4.74 Å². The zero-order valence-corrected chi connectivity index (χ0v) is 13.0. The molecule has 0 fully saturated rings. The molecule has 0 unspecified atom stereocenters. The van der Waals surface area contributed by atoms with Crippen molar-refractivity contribution >= 4 is 6.29 Å². The van der Waals surface area contributed by atoms with Crippen LogP contribution in [0.25, 0.3) is 0 Å². The SMILES string of the molecule is CC(C)=CCC[C@](C)(O)[C@@H]1Oc2c(C=O)ccc(O)c2[C@H]1O. The Morgan fingerprint density at radius 3 is 2.68 bits per heavy atom. The first-order valence-electron chi connectivity index (χ1n) is 7.29. The van der Waals surface area contributed by atoms with Gasteiger partial charge in [0.15, 0.2) is 12.4 Å². The molecule has 1 aromatic carbocycles. The van der Waals surface area contributed by atoms with E-state index in [1.54, 1.807) is 6.92 Å². The molecule has 1 aliphatic heterocycles. The second-order valence-electron chi connectivity index (χ2n) is 6.20. The average Bonchev–Trinajstić information content (AvgIpc) is 2.78. The molecule has 0 aromatic heterocycles. The third-order valence-electron chi connectivity index (χ3n) is 3.97. The number of ether oxygens (including phenoxy) is 1. The summed E-state index contributed by atoms with van der Waals surface area (Å²) in [7, 11) is 0. The molecule has 0 radical (unpaired) electrons. The lowest BCUT2D eigenvalue weighted by Crippen LogP contribution is -2.44. The van der Waals surface area contributed by atoms with Gasteiger partial charge in [-0.1, -0.05) is 11.6 Å². The monoisotopic (exact) mass is 306 g/mol. The van der Waals surface area contributed by atoms with Crippen molar-refractivity contribution in [2.45, 2.75) is 51.4 Å². The average molecular weight is 306 g/mol. The molecule has 0 saturated heterocycles. The summed E-state index contributed by atoms with van der Waals surface area (Å²) in [6.45, 7) is 5.53. The van der Waals surface area contributed by atoms with Crippen molar-refractivity contribution in [3.63, 3.8) is 0 Å². The van der Waals surface area contributed by atoms with Gasteiger partial charge in [-0.15, -0.1) is 0 Å². The van der Waals surface area contributed by atoms with Crippen molar-refractivity contribution in [2.24, 2.45) is 0 Å². The van der Waals surface area contributed by atoms with E-state index in [1.165, 1.54) is 12.1 Å². The molecule has 0 aliphatic carbocycles. The number of aldehydes is 1. The van der Waals surface area contributed by atoms with Crippen molar-refractivity contribution < 1.29 is 24.9 Å². The molecule has 22 heavy (non-hydrogen) atoms. The van der Waals surface area contributed by atoms with Crippen LogP contribution in [0.4, 0.5) is 0 Å². The number of fused-ring (bicyclic) bond motifs is 1. The fraction of sp³-hybridized carbons (Fsp3) is 0.471. The largest absolute Gasteiger partial charge is 0.507 e. The van der Waals surface area contributed by atoms with E-state index in [0.717, 1.165) is 5.57 Å². The Morgan fingerprint density at radius 2 is 2.09 bits per heavy atom. The Hall–Kier alpha value is -1.85. The van der Waals surface area contributed by atoms with Gasteiger partial charge in [-0.05, 0) is 45.7 Å². The highest BCUT2D eigenvalue weighted by molar-refractivity contribution is 5.82. The van der Waals surface area contributed by atoms with Crippen molar-refractivity contribution in [1.29, 1.82) is 0 Å². The zero-order valence-electron chi connectivity index (χ0n) is 13.0. The number of hydrogen-bond donors (Lipinski definition) is 3. The number of aromatic hydroxyl groups is 1. The van der Waals surface area contributed by atoms with Crippen molar-refractivity contribution in [3.8, 4) is 11.5 Å². The van der Waals surface area contributed by atoms with E-state index < -0.39 is 17.8 Å². The fourth-order valence-corrected chi connectivity index (χ4v) is 2.72. The van der Waals surface area contributed by atoms with Crippen LogP contribution in [0, 0.1) is 0 Å². The number of carbonyl (C=O) groups is 1. The summed E-state index contributed by atoms with van der Waals surface area (Å²) in [5.41, 5.74) is 0.260. The topological polar surface area (TPSA) is 87.0 Å². The number of benzene rings is 1. The van der Waals surface area contributed by atoms with Crippen LogP contribution in [0.3, 0.4) is 0 Å². The summed E-state index contributed by atoms with van der Waals surface area (Å²) in [5, 5.41) is 31.0. The van der Waals surface area contributed by atoms with Gasteiger partial charge in [-0.2, -0.15) is 0 Å². The number of aliphatic hydroxyl groups is 2. The van der Waals surface area contributed by atoms with E-state index in [9.17, 15) is 20.1 Å². The third kappa shape index (κ3) is 3.00. The number of phenolic OH excluding ortho intramolecular Hbond substituents is 1. The maximum Gasteiger partial charge on any atom is 0.157 e. The molecule has 0 saturated carbocycles. The van der Waals surface area contributed by atoms with Gasteiger partial charge in [0.05, 0.1) is 11.1 Å². The minimum absolute atomic E-state index is 0.143. The molecule has 0 amide bonds. The minimum Gasteiger partial charge on any atom is -0.507 e. The van der Waals surface area contributed by atoms with E-state index in [4.69, 9.17) is 4.74 Å². The van der Waals surface area contributed by atoms with Crippen LogP contribution in [0.15, 0.2) is 23.8 Å². The van der Waals surface area contributed by atoms with Gasteiger partial charge < -0.3 is 20.1 Å². The van der Waals surface area contributed by atoms with Gasteiger partial charge in [0, 0.05) is 0 Å². The molecule has 120 valence electrons. The molecular weight excluding hydrogens is 284 g/mol. The van der Waals surface area contributed by atoms with Crippen LogP contribution in [0.2, 0.25) is 0 Å². The summed E-state index contributed by atoms with van der Waals surface area (Å²) in [6, 6.07) is 2.77. The molecule has 1 aliphatic rings. The Bertz CT molecular complexity index is 599. The van der Waals surface area contributed by atoms with E-state index in [2.05, 4.69) is 0 Å². The minimum atomic E-state index is -1.29. The van der Waals surface area contributed by atoms with Crippen molar-refractivity contribution in [2.75, 3.05) is 0 Å². The van der Waals surface area contributed by atoms with E-state index in [1.807, 2.05) is 19.9 Å². The molecule has 3 N–H and O–H groups in total. The lowest BCUT2D eigenvalue weighted by atomic mass is 9.88. The van der Waals surface area contributed by atoms with E-state index >= 15 is 0 Å². The number of hydrogen-bond acceptors (Lipinski definition) is 5. The molecule has 1 aromatic rings. The molecule has 0 spiro atoms. The number of aliphatic hydroxyl groups excluding tert-OH is 1. The van der Waals surface area contributed by atoms with Gasteiger partial charge in [0.1, 0.15) is 23.2 Å². The lowest BCUT2D eigenvalue weighted by molar-refractivity contribution is -0.0915. The normalized spacial score (nSPS) is 22.4. The number of phenols is 1. The molecule has 5 heteroatoms. The Kier molecular flexibility index (Phi) is 4.58. The third-order valence-corrected chi connectivity index (χ3v) is 3.97. The molecule has 1 heterocycles. The first kappa shape index (κ1) is 16.5. The highest BCUT2D eigenvalue weighted by Gasteiger charge is 2.46. The zero-order chi connectivity index (χ0) is 16.5. The maximum atomic E-state index is 11.1. The Morgan fingerprint density at radius 1 is 1.41 bits per heavy atom. The summed E-state index contributed by atoms with van der Waals surface area (Å²) in [4.78, 5) is 11.1. The predicted molar refractivity (Wildman–Crippen MR) is 82.2 cm³/mol. The summed E-state index contributed by atoms with van der Waals surface area (Å²) in [6.07, 6.45) is 1.52. The standard InChI is InChI=1S/C17H22O5/c1-10(2)5-4-8-17(3,21)16-14(20)13-12(19)7-6-11(9-18)15(13)22-16/h5-7,9,14,16,19-21H,4,8H2,1-3H3/t14-,16-,17+/m1/s1. The van der Waals surface area contributed by atoms with Crippen molar-refractivity contribution in [1.82, 2.24) is 0 Å². The highest BCUT2D eigenvalue weighted by Crippen LogP contribution is 2.47. The molecule has 5 nitrogen and oxygen atoms in total. The maximum absolute atomic E-state index is 11.1. The molecule has 0 bridgehead atoms. The summed E-state index contributed by atoms with van der Waals surface area (Å²) >= 11 is 0. The first-order chi connectivity index (χ1) is 10.3. The Labute approximate surface area is 129 Å². The predicted octanol–water partition coefficient (Wildman–Crippen LogP) is 2.50. The molecular formula is C17H22O5. The van der Waals surface area contributed by atoms with Gasteiger partial charge in [0.25, 0.3) is 0 Å². The lowest BCUT2D eigenvalue weighted by Gasteiger charge is -2.31. The number of allylic oxidation sites excluding steroid dienone is 2.